The van der Waals surface area contributed by atoms with Gasteiger partial charge in [0.2, 0.25) is 0 Å². The highest BCUT2D eigenvalue weighted by Crippen LogP contribution is 2.28. The molecule has 5 rings (SSSR count). The minimum absolute atomic E-state index is 0.0497. The van der Waals surface area contributed by atoms with E-state index in [1.807, 2.05) is 36.5 Å². The number of hydrogen-bond acceptors (Lipinski definition) is 8. The Labute approximate surface area is 244 Å². The van der Waals surface area contributed by atoms with Gasteiger partial charge in [0, 0.05) is 57.9 Å². The van der Waals surface area contributed by atoms with Crippen LogP contribution in [0, 0.1) is 5.92 Å². The van der Waals surface area contributed by atoms with E-state index in [9.17, 15) is 9.59 Å². The number of fused-ring (bicyclic) bond motifs is 2. The minimum atomic E-state index is -0.325. The quantitative estimate of drug-likeness (QED) is 0.361. The van der Waals surface area contributed by atoms with Gasteiger partial charge < -0.3 is 19.7 Å². The molecule has 3 heterocycles. The Bertz CT molecular complexity index is 1480. The van der Waals surface area contributed by atoms with Crippen LogP contribution in [0.5, 0.6) is 5.75 Å². The van der Waals surface area contributed by atoms with Crippen molar-refractivity contribution >= 4 is 39.1 Å². The minimum Gasteiger partial charge on any atom is -0.491 e. The second kappa shape index (κ2) is 12.8. The number of thiazole rings is 1. The number of aromatic nitrogens is 2. The maximum Gasteiger partial charge on any atom is 0.284 e. The molecule has 4 aromatic rings. The van der Waals surface area contributed by atoms with Crippen LogP contribution in [0.15, 0.2) is 67.0 Å². The number of methoxy groups -OCH3 is 1. The molecule has 9 nitrogen and oxygen atoms in total. The van der Waals surface area contributed by atoms with E-state index in [4.69, 9.17) is 9.47 Å². The third-order valence-corrected chi connectivity index (χ3v) is 8.46. The predicted octanol–water partition coefficient (Wildman–Crippen LogP) is 4.95. The molecule has 214 valence electrons. The van der Waals surface area contributed by atoms with Gasteiger partial charge in [0.1, 0.15) is 12.4 Å². The SMILES string of the molecule is CO[C@@H]1CN(C)C(=O)c2cc(NC(=O)c3nc4ccccc4s3)ccc2OC[C@H](C)N(Cc2cccnc2)C[C@H]1C. The van der Waals surface area contributed by atoms with Crippen LogP contribution in [-0.4, -0.2) is 77.6 Å². The topological polar surface area (TPSA) is 96.9 Å². The van der Waals surface area contributed by atoms with Crippen molar-refractivity contribution in [3.63, 3.8) is 0 Å². The number of benzene rings is 2. The fourth-order valence-corrected chi connectivity index (χ4v) is 5.89. The Balaban J connectivity index is 1.41. The normalized spacial score (nSPS) is 20.5. The van der Waals surface area contributed by atoms with E-state index < -0.39 is 0 Å². The molecular formula is C31H35N5O4S. The van der Waals surface area contributed by atoms with E-state index in [0.29, 0.717) is 35.2 Å². The van der Waals surface area contributed by atoms with Crippen LogP contribution in [0.1, 0.15) is 39.6 Å². The molecule has 2 amide bonds. The van der Waals surface area contributed by atoms with Gasteiger partial charge in [0.15, 0.2) is 5.01 Å². The lowest BCUT2D eigenvalue weighted by atomic mass is 10.0. The van der Waals surface area contributed by atoms with Crippen LogP contribution in [0.4, 0.5) is 5.69 Å². The van der Waals surface area contributed by atoms with E-state index in [2.05, 4.69) is 40.1 Å². The Morgan fingerprint density at radius 2 is 1.98 bits per heavy atom. The number of rotatable bonds is 5. The number of likely N-dealkylation sites (N-methyl/N-ethyl adjacent to an activating group) is 1. The molecule has 2 aromatic carbocycles. The van der Waals surface area contributed by atoms with Crippen molar-refractivity contribution in [2.24, 2.45) is 5.92 Å². The Morgan fingerprint density at radius 3 is 2.73 bits per heavy atom. The molecule has 0 fully saturated rings. The summed E-state index contributed by atoms with van der Waals surface area (Å²) in [5.41, 5.74) is 2.77. The summed E-state index contributed by atoms with van der Waals surface area (Å²) >= 11 is 1.33. The standard InChI is InChI=1S/C31H35N5O4S/c1-20-16-36(17-22-8-7-13-32-15-22)21(2)19-40-26-12-11-23(14-24(26)31(38)35(3)18-27(20)39-4)33-29(37)30-34-25-9-5-6-10-28(25)41-30/h5-15,20-21,27H,16-19H2,1-4H3,(H,33,37)/t20-,21+,27-/m1/s1. The highest BCUT2D eigenvalue weighted by Gasteiger charge is 2.29. The van der Waals surface area contributed by atoms with Gasteiger partial charge in [-0.2, -0.15) is 0 Å². The van der Waals surface area contributed by atoms with E-state index in [1.165, 1.54) is 11.3 Å². The largest absolute Gasteiger partial charge is 0.491 e. The molecular weight excluding hydrogens is 538 g/mol. The van der Waals surface area contributed by atoms with Crippen LogP contribution < -0.4 is 10.1 Å². The molecule has 2 aromatic heterocycles. The van der Waals surface area contributed by atoms with Crippen molar-refractivity contribution in [2.75, 3.05) is 39.2 Å². The number of anilines is 1. The number of hydrogen-bond donors (Lipinski definition) is 1. The molecule has 0 bridgehead atoms. The zero-order chi connectivity index (χ0) is 28.9. The lowest BCUT2D eigenvalue weighted by Gasteiger charge is -2.36. The highest BCUT2D eigenvalue weighted by atomic mass is 32.1. The van der Waals surface area contributed by atoms with Crippen molar-refractivity contribution in [3.05, 3.63) is 83.1 Å². The molecule has 1 aliphatic heterocycles. The van der Waals surface area contributed by atoms with E-state index in [0.717, 1.165) is 28.9 Å². The van der Waals surface area contributed by atoms with E-state index in [1.54, 1.807) is 43.5 Å². The van der Waals surface area contributed by atoms with Gasteiger partial charge >= 0.3 is 0 Å². The molecule has 0 spiro atoms. The molecule has 1 aliphatic rings. The number of carbonyl (C=O) groups is 2. The van der Waals surface area contributed by atoms with Crippen LogP contribution >= 0.6 is 11.3 Å². The van der Waals surface area contributed by atoms with Gasteiger partial charge in [-0.25, -0.2) is 4.98 Å². The van der Waals surface area contributed by atoms with Crippen LogP contribution in [0.3, 0.4) is 0 Å². The molecule has 3 atom stereocenters. The number of carbonyl (C=O) groups excluding carboxylic acids is 2. The van der Waals surface area contributed by atoms with Crippen LogP contribution in [0.25, 0.3) is 10.2 Å². The average Bonchev–Trinajstić information content (AvgIpc) is 3.43. The summed E-state index contributed by atoms with van der Waals surface area (Å²) in [5, 5.41) is 3.26. The Kier molecular flexibility index (Phi) is 8.92. The summed E-state index contributed by atoms with van der Waals surface area (Å²) in [7, 11) is 3.45. The molecule has 0 radical (unpaired) electrons. The number of para-hydroxylation sites is 1. The maximum atomic E-state index is 13.7. The van der Waals surface area contributed by atoms with Crippen molar-refractivity contribution < 1.29 is 19.1 Å². The smallest absolute Gasteiger partial charge is 0.284 e. The molecule has 0 unspecified atom stereocenters. The lowest BCUT2D eigenvalue weighted by Crippen LogP contribution is -2.46. The van der Waals surface area contributed by atoms with Crippen molar-refractivity contribution in [1.82, 2.24) is 19.8 Å². The van der Waals surface area contributed by atoms with Crippen LogP contribution in [0.2, 0.25) is 0 Å². The molecule has 10 heteroatoms. The van der Waals surface area contributed by atoms with Crippen LogP contribution in [-0.2, 0) is 11.3 Å². The van der Waals surface area contributed by atoms with Crippen molar-refractivity contribution in [1.29, 1.82) is 0 Å². The second-order valence-corrected chi connectivity index (χ2v) is 11.6. The lowest BCUT2D eigenvalue weighted by molar-refractivity contribution is 0.00920. The third kappa shape index (κ3) is 6.73. The monoisotopic (exact) mass is 573 g/mol. The number of nitrogens with one attached hydrogen (secondary N) is 1. The number of amides is 2. The summed E-state index contributed by atoms with van der Waals surface area (Å²) in [6, 6.07) is 16.9. The molecule has 0 saturated heterocycles. The number of nitrogens with zero attached hydrogens (tertiary/aromatic N) is 4. The summed E-state index contributed by atoms with van der Waals surface area (Å²) in [4.78, 5) is 39.5. The first-order valence-electron chi connectivity index (χ1n) is 13.7. The Hall–Kier alpha value is -3.86. The fraction of sp³-hybridized carbons (Fsp3) is 0.355. The fourth-order valence-electron chi connectivity index (χ4n) is 5.03. The van der Waals surface area contributed by atoms with Gasteiger partial charge in [-0.3, -0.25) is 19.5 Å². The average molecular weight is 574 g/mol. The van der Waals surface area contributed by atoms with Crippen molar-refractivity contribution in [3.8, 4) is 5.75 Å². The molecule has 41 heavy (non-hydrogen) atoms. The third-order valence-electron chi connectivity index (χ3n) is 7.43. The first-order chi connectivity index (χ1) is 19.8. The van der Waals surface area contributed by atoms with E-state index >= 15 is 0 Å². The zero-order valence-corrected chi connectivity index (χ0v) is 24.6. The maximum absolute atomic E-state index is 13.7. The first kappa shape index (κ1) is 28.7. The van der Waals surface area contributed by atoms with Gasteiger partial charge in [-0.15, -0.1) is 11.3 Å². The Morgan fingerprint density at radius 1 is 1.15 bits per heavy atom. The van der Waals surface area contributed by atoms with Gasteiger partial charge in [0.05, 0.1) is 21.9 Å². The number of pyridine rings is 1. The number of ether oxygens (including phenoxy) is 2. The predicted molar refractivity (Wildman–Crippen MR) is 161 cm³/mol. The molecule has 1 N–H and O–H groups in total. The summed E-state index contributed by atoms with van der Waals surface area (Å²) in [6.07, 6.45) is 3.49. The summed E-state index contributed by atoms with van der Waals surface area (Å²) in [6.45, 7) is 6.54. The van der Waals surface area contributed by atoms with Gasteiger partial charge in [-0.05, 0) is 54.8 Å². The summed E-state index contributed by atoms with van der Waals surface area (Å²) < 4.78 is 13.1. The molecule has 0 saturated carbocycles. The van der Waals surface area contributed by atoms with Gasteiger partial charge in [0.25, 0.3) is 11.8 Å². The molecule has 0 aliphatic carbocycles. The highest BCUT2D eigenvalue weighted by molar-refractivity contribution is 7.20. The zero-order valence-electron chi connectivity index (χ0n) is 23.7. The van der Waals surface area contributed by atoms with Gasteiger partial charge in [-0.1, -0.05) is 25.1 Å². The van der Waals surface area contributed by atoms with E-state index in [-0.39, 0.29) is 29.9 Å². The second-order valence-electron chi connectivity index (χ2n) is 10.5. The van der Waals surface area contributed by atoms with Crippen molar-refractivity contribution in [2.45, 2.75) is 32.5 Å². The summed E-state index contributed by atoms with van der Waals surface area (Å²) in [5.74, 6) is 0.0862. The first-order valence-corrected chi connectivity index (χ1v) is 14.5.